The van der Waals surface area contributed by atoms with Gasteiger partial charge in [-0.25, -0.2) is 0 Å². The van der Waals surface area contributed by atoms with Crippen LogP contribution in [0.15, 0.2) is 0 Å². The monoisotopic (exact) mass is 341 g/mol. The Morgan fingerprint density at radius 2 is 2.00 bits per heavy atom. The number of ether oxygens (including phenoxy) is 1. The minimum absolute atomic E-state index is 0. The van der Waals surface area contributed by atoms with E-state index in [0.717, 1.165) is 52.2 Å². The van der Waals surface area contributed by atoms with Crippen molar-refractivity contribution in [1.82, 2.24) is 15.1 Å². The van der Waals surface area contributed by atoms with E-state index in [1.54, 1.807) is 0 Å². The van der Waals surface area contributed by atoms with Crippen LogP contribution in [0.2, 0.25) is 0 Å². The standard InChI is InChI=1S/C14H27N3O2.2ClH/c1-3-17-7-4-12(5-8-17)16(2)14(18)10-13-11-15-6-9-19-13;;/h12-13,15H,3-11H2,1-2H3;2*1H. The van der Waals surface area contributed by atoms with E-state index in [2.05, 4.69) is 17.1 Å². The second-order valence-corrected chi connectivity index (χ2v) is 5.57. The Hall–Kier alpha value is -0.0700. The van der Waals surface area contributed by atoms with E-state index in [1.807, 2.05) is 11.9 Å². The van der Waals surface area contributed by atoms with Crippen LogP contribution in [-0.2, 0) is 9.53 Å². The molecule has 0 radical (unpaired) electrons. The molecule has 0 spiro atoms. The molecule has 2 aliphatic rings. The number of nitrogens with zero attached hydrogens (tertiary/aromatic N) is 2. The predicted octanol–water partition coefficient (Wildman–Crippen LogP) is 1.15. The first-order valence-corrected chi connectivity index (χ1v) is 7.51. The van der Waals surface area contributed by atoms with Gasteiger partial charge in [-0.2, -0.15) is 0 Å². The van der Waals surface area contributed by atoms with Crippen LogP contribution in [0, 0.1) is 0 Å². The number of piperidine rings is 1. The van der Waals surface area contributed by atoms with Crippen molar-refractivity contribution in [2.45, 2.75) is 38.3 Å². The Morgan fingerprint density at radius 3 is 2.52 bits per heavy atom. The number of morpholine rings is 1. The number of hydrogen-bond acceptors (Lipinski definition) is 4. The predicted molar refractivity (Wildman–Crippen MR) is 89.6 cm³/mol. The van der Waals surface area contributed by atoms with Gasteiger partial charge < -0.3 is 19.9 Å². The maximum atomic E-state index is 12.3. The highest BCUT2D eigenvalue weighted by Crippen LogP contribution is 2.16. The molecule has 5 nitrogen and oxygen atoms in total. The van der Waals surface area contributed by atoms with Crippen LogP contribution >= 0.6 is 24.8 Å². The maximum Gasteiger partial charge on any atom is 0.225 e. The fraction of sp³-hybridized carbons (Fsp3) is 0.929. The average Bonchev–Trinajstić information content (AvgIpc) is 2.47. The molecule has 0 aromatic carbocycles. The third kappa shape index (κ3) is 6.28. The van der Waals surface area contributed by atoms with Crippen LogP contribution in [-0.4, -0.2) is 74.2 Å². The Bertz CT molecular complexity index is 294. The lowest BCUT2D eigenvalue weighted by Gasteiger charge is -2.37. The number of amides is 1. The van der Waals surface area contributed by atoms with Crippen molar-refractivity contribution in [3.8, 4) is 0 Å². The minimum atomic E-state index is 0. The van der Waals surface area contributed by atoms with Crippen molar-refractivity contribution >= 4 is 30.7 Å². The normalized spacial score (nSPS) is 23.8. The third-order valence-electron chi connectivity index (χ3n) is 4.35. The summed E-state index contributed by atoms with van der Waals surface area (Å²) in [6.07, 6.45) is 2.76. The minimum Gasteiger partial charge on any atom is -0.375 e. The van der Waals surface area contributed by atoms with Crippen molar-refractivity contribution in [2.75, 3.05) is 46.4 Å². The summed E-state index contributed by atoms with van der Waals surface area (Å²) in [7, 11) is 1.95. The van der Waals surface area contributed by atoms with Gasteiger partial charge in [0.1, 0.15) is 0 Å². The van der Waals surface area contributed by atoms with Crippen molar-refractivity contribution < 1.29 is 9.53 Å². The van der Waals surface area contributed by atoms with Gasteiger partial charge in [0.25, 0.3) is 0 Å². The summed E-state index contributed by atoms with van der Waals surface area (Å²) in [6, 6.07) is 0.409. The number of likely N-dealkylation sites (tertiary alicyclic amines) is 1. The van der Waals surface area contributed by atoms with E-state index in [0.29, 0.717) is 12.5 Å². The summed E-state index contributed by atoms with van der Waals surface area (Å²) in [6.45, 7) is 7.95. The van der Waals surface area contributed by atoms with Gasteiger partial charge in [-0.3, -0.25) is 4.79 Å². The molecule has 2 saturated heterocycles. The first-order valence-electron chi connectivity index (χ1n) is 7.51. The fourth-order valence-corrected chi connectivity index (χ4v) is 2.92. The molecule has 0 aliphatic carbocycles. The van der Waals surface area contributed by atoms with Crippen LogP contribution in [0.1, 0.15) is 26.2 Å². The zero-order chi connectivity index (χ0) is 13.7. The molecule has 2 fully saturated rings. The number of rotatable bonds is 4. The highest BCUT2D eigenvalue weighted by molar-refractivity contribution is 5.85. The maximum absolute atomic E-state index is 12.3. The number of halogens is 2. The molecule has 1 N–H and O–H groups in total. The van der Waals surface area contributed by atoms with E-state index in [1.165, 1.54) is 0 Å². The molecule has 2 aliphatic heterocycles. The lowest BCUT2D eigenvalue weighted by molar-refractivity contribution is -0.136. The smallest absolute Gasteiger partial charge is 0.225 e. The average molecular weight is 342 g/mol. The number of carbonyl (C=O) groups excluding carboxylic acids is 1. The van der Waals surface area contributed by atoms with Crippen molar-refractivity contribution in [3.05, 3.63) is 0 Å². The molecule has 0 saturated carbocycles. The SMILES string of the molecule is CCN1CCC(N(C)C(=O)CC2CNCCO2)CC1.Cl.Cl. The summed E-state index contributed by atoms with van der Waals surface area (Å²) < 4.78 is 5.60. The van der Waals surface area contributed by atoms with Crippen LogP contribution in [0.5, 0.6) is 0 Å². The van der Waals surface area contributed by atoms with Gasteiger partial charge in [0.15, 0.2) is 0 Å². The molecule has 0 aromatic rings. The number of carbonyl (C=O) groups is 1. The topological polar surface area (TPSA) is 44.8 Å². The largest absolute Gasteiger partial charge is 0.375 e. The Balaban J connectivity index is 0.00000200. The highest BCUT2D eigenvalue weighted by atomic mass is 35.5. The van der Waals surface area contributed by atoms with Gasteiger partial charge >= 0.3 is 0 Å². The van der Waals surface area contributed by atoms with Crippen LogP contribution in [0.25, 0.3) is 0 Å². The first-order chi connectivity index (χ1) is 9.20. The molecule has 1 atom stereocenters. The molecule has 0 aromatic heterocycles. The highest BCUT2D eigenvalue weighted by Gasteiger charge is 2.26. The Labute approximate surface area is 140 Å². The zero-order valence-electron chi connectivity index (χ0n) is 13.0. The lowest BCUT2D eigenvalue weighted by atomic mass is 10.0. The second-order valence-electron chi connectivity index (χ2n) is 5.57. The van der Waals surface area contributed by atoms with Crippen molar-refractivity contribution in [2.24, 2.45) is 0 Å². The Kier molecular flexibility index (Phi) is 10.6. The Morgan fingerprint density at radius 1 is 1.33 bits per heavy atom. The summed E-state index contributed by atoms with van der Waals surface area (Å²) >= 11 is 0. The third-order valence-corrected chi connectivity index (χ3v) is 4.35. The summed E-state index contributed by atoms with van der Waals surface area (Å²) in [5.74, 6) is 0.226. The summed E-state index contributed by atoms with van der Waals surface area (Å²) in [5.41, 5.74) is 0. The molecule has 1 amide bonds. The van der Waals surface area contributed by atoms with Gasteiger partial charge in [0.05, 0.1) is 19.1 Å². The second kappa shape index (κ2) is 10.6. The summed E-state index contributed by atoms with van der Waals surface area (Å²) in [4.78, 5) is 16.7. The van der Waals surface area contributed by atoms with Gasteiger partial charge in [-0.1, -0.05) is 6.92 Å². The molecule has 1 unspecified atom stereocenters. The fourth-order valence-electron chi connectivity index (χ4n) is 2.92. The molecule has 0 bridgehead atoms. The molecule has 21 heavy (non-hydrogen) atoms. The van der Waals surface area contributed by atoms with Crippen LogP contribution in [0.4, 0.5) is 0 Å². The van der Waals surface area contributed by atoms with E-state index < -0.39 is 0 Å². The van der Waals surface area contributed by atoms with Gasteiger partial charge in [-0.15, -0.1) is 24.8 Å². The van der Waals surface area contributed by atoms with E-state index in [-0.39, 0.29) is 36.8 Å². The molecule has 126 valence electrons. The van der Waals surface area contributed by atoms with E-state index >= 15 is 0 Å². The van der Waals surface area contributed by atoms with Gasteiger partial charge in [0.2, 0.25) is 5.91 Å². The molecular weight excluding hydrogens is 313 g/mol. The van der Waals surface area contributed by atoms with Crippen LogP contribution < -0.4 is 5.32 Å². The van der Waals surface area contributed by atoms with Crippen LogP contribution in [0.3, 0.4) is 0 Å². The van der Waals surface area contributed by atoms with Gasteiger partial charge in [-0.05, 0) is 19.4 Å². The van der Waals surface area contributed by atoms with Crippen molar-refractivity contribution in [3.63, 3.8) is 0 Å². The molecule has 7 heteroatoms. The lowest BCUT2D eigenvalue weighted by Crippen LogP contribution is -2.47. The molecule has 2 heterocycles. The zero-order valence-corrected chi connectivity index (χ0v) is 14.7. The number of hydrogen-bond donors (Lipinski definition) is 1. The first kappa shape index (κ1) is 20.9. The summed E-state index contributed by atoms with van der Waals surface area (Å²) in [5, 5.41) is 3.27. The molecular formula is C14H29Cl2N3O2. The van der Waals surface area contributed by atoms with E-state index in [4.69, 9.17) is 4.74 Å². The van der Waals surface area contributed by atoms with Crippen molar-refractivity contribution in [1.29, 1.82) is 0 Å². The number of nitrogens with one attached hydrogen (secondary N) is 1. The van der Waals surface area contributed by atoms with Gasteiger partial charge in [0, 0.05) is 39.3 Å². The van der Waals surface area contributed by atoms with E-state index in [9.17, 15) is 4.79 Å². The quantitative estimate of drug-likeness (QED) is 0.833. The molecule has 2 rings (SSSR count).